The van der Waals surface area contributed by atoms with Gasteiger partial charge in [0.25, 0.3) is 0 Å². The first kappa shape index (κ1) is 11.3. The first-order chi connectivity index (χ1) is 8.58. The van der Waals surface area contributed by atoms with Crippen LogP contribution >= 0.6 is 0 Å². The van der Waals surface area contributed by atoms with E-state index in [1.807, 2.05) is 13.0 Å². The zero-order chi connectivity index (χ0) is 12.9. The topological polar surface area (TPSA) is 57.5 Å². The van der Waals surface area contributed by atoms with Gasteiger partial charge in [0.15, 0.2) is 5.78 Å². The van der Waals surface area contributed by atoms with Gasteiger partial charge in [-0.25, -0.2) is 0 Å². The lowest BCUT2D eigenvalue weighted by molar-refractivity contribution is -0.116. The van der Waals surface area contributed by atoms with E-state index in [-0.39, 0.29) is 23.2 Å². The molecule has 0 heterocycles. The van der Waals surface area contributed by atoms with Crippen molar-refractivity contribution in [1.29, 1.82) is 0 Å². The maximum Gasteiger partial charge on any atom is 0.170 e. The van der Waals surface area contributed by atoms with Crippen LogP contribution < -0.4 is 0 Å². The summed E-state index contributed by atoms with van der Waals surface area (Å²) < 4.78 is 0. The van der Waals surface area contributed by atoms with E-state index in [0.29, 0.717) is 17.9 Å². The molecule has 0 saturated heterocycles. The van der Waals surface area contributed by atoms with E-state index in [1.165, 1.54) is 0 Å². The van der Waals surface area contributed by atoms with Crippen molar-refractivity contribution < 1.29 is 15.0 Å². The van der Waals surface area contributed by atoms with Gasteiger partial charge in [-0.2, -0.15) is 0 Å². The van der Waals surface area contributed by atoms with Crippen LogP contribution in [0.25, 0.3) is 5.57 Å². The Hall–Kier alpha value is -1.77. The summed E-state index contributed by atoms with van der Waals surface area (Å²) in [6.07, 6.45) is 2.65. The molecule has 1 saturated carbocycles. The lowest BCUT2D eigenvalue weighted by Gasteiger charge is -2.10. The van der Waals surface area contributed by atoms with Gasteiger partial charge in [0, 0.05) is 12.3 Å². The molecule has 1 fully saturated rings. The third-order valence-corrected chi connectivity index (χ3v) is 3.81. The van der Waals surface area contributed by atoms with E-state index in [9.17, 15) is 15.0 Å². The van der Waals surface area contributed by atoms with Crippen LogP contribution in [0.15, 0.2) is 24.0 Å². The average molecular weight is 244 g/mol. The minimum atomic E-state index is -0.158. The molecule has 2 aliphatic rings. The fourth-order valence-electron chi connectivity index (χ4n) is 2.67. The SMILES string of the molecule is CC1CC(O)=C(c2cc(O)ccc2C2CC2)C1=O. The number of rotatable bonds is 2. The number of aromatic hydroxyl groups is 1. The van der Waals surface area contributed by atoms with Gasteiger partial charge in [0.2, 0.25) is 0 Å². The first-order valence-corrected chi connectivity index (χ1v) is 6.37. The Morgan fingerprint density at radius 3 is 2.50 bits per heavy atom. The second-order valence-electron chi connectivity index (χ2n) is 5.34. The van der Waals surface area contributed by atoms with Crippen molar-refractivity contribution in [2.24, 2.45) is 5.92 Å². The number of benzene rings is 1. The molecule has 1 aromatic carbocycles. The van der Waals surface area contributed by atoms with Crippen LogP contribution in [0.4, 0.5) is 0 Å². The Labute approximate surface area is 106 Å². The van der Waals surface area contributed by atoms with E-state index in [4.69, 9.17) is 0 Å². The normalized spacial score (nSPS) is 23.8. The van der Waals surface area contributed by atoms with Gasteiger partial charge in [-0.15, -0.1) is 0 Å². The highest BCUT2D eigenvalue weighted by Crippen LogP contribution is 2.46. The van der Waals surface area contributed by atoms with Crippen molar-refractivity contribution in [3.05, 3.63) is 35.1 Å². The number of aliphatic hydroxyl groups excluding tert-OH is 1. The minimum absolute atomic E-state index is 0.0139. The van der Waals surface area contributed by atoms with Crippen molar-refractivity contribution in [3.8, 4) is 5.75 Å². The summed E-state index contributed by atoms with van der Waals surface area (Å²) in [6, 6.07) is 5.13. The summed E-state index contributed by atoms with van der Waals surface area (Å²) in [6.45, 7) is 1.82. The summed E-state index contributed by atoms with van der Waals surface area (Å²) in [4.78, 5) is 12.1. The number of carbonyl (C=O) groups is 1. The molecule has 18 heavy (non-hydrogen) atoms. The summed E-state index contributed by atoms with van der Waals surface area (Å²) in [5.74, 6) is 0.612. The van der Waals surface area contributed by atoms with Gasteiger partial charge in [-0.3, -0.25) is 4.79 Å². The van der Waals surface area contributed by atoms with Crippen LogP contribution in [-0.2, 0) is 4.79 Å². The molecule has 3 nitrogen and oxygen atoms in total. The van der Waals surface area contributed by atoms with Gasteiger partial charge in [-0.05, 0) is 42.0 Å². The monoisotopic (exact) mass is 244 g/mol. The van der Waals surface area contributed by atoms with Gasteiger partial charge < -0.3 is 10.2 Å². The average Bonchev–Trinajstić information content (AvgIpc) is 3.09. The molecular formula is C15H16O3. The Morgan fingerprint density at radius 1 is 1.22 bits per heavy atom. The minimum Gasteiger partial charge on any atom is -0.512 e. The molecule has 2 aliphatic carbocycles. The number of phenols is 1. The van der Waals surface area contributed by atoms with Gasteiger partial charge in [0.1, 0.15) is 11.5 Å². The molecule has 0 aromatic heterocycles. The molecule has 1 atom stereocenters. The molecule has 0 aliphatic heterocycles. The number of carbonyl (C=O) groups excluding carboxylic acids is 1. The molecule has 0 spiro atoms. The zero-order valence-electron chi connectivity index (χ0n) is 10.3. The van der Waals surface area contributed by atoms with Gasteiger partial charge in [-0.1, -0.05) is 13.0 Å². The predicted octanol–water partition coefficient (Wildman–Crippen LogP) is 3.15. The van der Waals surface area contributed by atoms with Crippen molar-refractivity contribution in [3.63, 3.8) is 0 Å². The number of aliphatic hydroxyl groups is 1. The Morgan fingerprint density at radius 2 is 1.94 bits per heavy atom. The largest absolute Gasteiger partial charge is 0.512 e. The third kappa shape index (κ3) is 1.70. The molecule has 3 heteroatoms. The van der Waals surface area contributed by atoms with E-state index in [1.54, 1.807) is 12.1 Å². The lowest BCUT2D eigenvalue weighted by Crippen LogP contribution is -2.06. The highest BCUT2D eigenvalue weighted by atomic mass is 16.3. The maximum atomic E-state index is 12.1. The number of allylic oxidation sites excluding steroid dienone is 2. The molecule has 1 unspecified atom stereocenters. The van der Waals surface area contributed by atoms with Crippen molar-refractivity contribution in [1.82, 2.24) is 0 Å². The third-order valence-electron chi connectivity index (χ3n) is 3.81. The van der Waals surface area contributed by atoms with Gasteiger partial charge >= 0.3 is 0 Å². The molecule has 2 N–H and O–H groups in total. The second-order valence-corrected chi connectivity index (χ2v) is 5.34. The molecule has 3 rings (SSSR count). The van der Waals surface area contributed by atoms with Crippen LogP contribution in [0.3, 0.4) is 0 Å². The van der Waals surface area contributed by atoms with Crippen molar-refractivity contribution in [2.75, 3.05) is 0 Å². The summed E-state index contributed by atoms with van der Waals surface area (Å²) in [7, 11) is 0. The first-order valence-electron chi connectivity index (χ1n) is 6.37. The Kier molecular flexibility index (Phi) is 2.44. The number of hydrogen-bond donors (Lipinski definition) is 2. The lowest BCUT2D eigenvalue weighted by atomic mass is 9.93. The maximum absolute atomic E-state index is 12.1. The van der Waals surface area contributed by atoms with E-state index < -0.39 is 0 Å². The second kappa shape index (κ2) is 3.87. The van der Waals surface area contributed by atoms with Crippen molar-refractivity contribution >= 4 is 11.4 Å². The molecule has 0 amide bonds. The number of hydrogen-bond acceptors (Lipinski definition) is 3. The standard InChI is InChI=1S/C15H16O3/c1-8-6-13(17)14(15(8)18)12-7-10(16)4-5-11(12)9-2-3-9/h4-5,7-9,16-17H,2-3,6H2,1H3. The van der Waals surface area contributed by atoms with Crippen LogP contribution in [0.1, 0.15) is 43.2 Å². The van der Waals surface area contributed by atoms with E-state index in [2.05, 4.69) is 0 Å². The zero-order valence-corrected chi connectivity index (χ0v) is 10.3. The van der Waals surface area contributed by atoms with Gasteiger partial charge in [0.05, 0.1) is 5.57 Å². The molecule has 94 valence electrons. The van der Waals surface area contributed by atoms with Crippen LogP contribution in [0, 0.1) is 5.92 Å². The number of phenolic OH excluding ortho intramolecular Hbond substituents is 1. The molecule has 1 aromatic rings. The summed E-state index contributed by atoms with van der Waals surface area (Å²) in [5, 5.41) is 19.6. The highest BCUT2D eigenvalue weighted by molar-refractivity contribution is 6.24. The predicted molar refractivity (Wildman–Crippen MR) is 68.4 cm³/mol. The quantitative estimate of drug-likeness (QED) is 0.840. The van der Waals surface area contributed by atoms with Crippen LogP contribution in [-0.4, -0.2) is 16.0 Å². The number of ketones is 1. The number of Topliss-reactive ketones (excluding diaryl/α,β-unsaturated/α-hetero) is 1. The van der Waals surface area contributed by atoms with E-state index >= 15 is 0 Å². The van der Waals surface area contributed by atoms with E-state index in [0.717, 1.165) is 24.0 Å². The summed E-state index contributed by atoms with van der Waals surface area (Å²) >= 11 is 0. The Balaban J connectivity index is 2.14. The highest BCUT2D eigenvalue weighted by Gasteiger charge is 2.35. The Bertz CT molecular complexity index is 553. The molecule has 0 radical (unpaired) electrons. The fraction of sp³-hybridized carbons (Fsp3) is 0.400. The smallest absolute Gasteiger partial charge is 0.170 e. The van der Waals surface area contributed by atoms with Crippen molar-refractivity contribution in [2.45, 2.75) is 32.1 Å². The fourth-order valence-corrected chi connectivity index (χ4v) is 2.67. The van der Waals surface area contributed by atoms with Crippen LogP contribution in [0.2, 0.25) is 0 Å². The molecular weight excluding hydrogens is 228 g/mol. The van der Waals surface area contributed by atoms with Crippen LogP contribution in [0.5, 0.6) is 5.75 Å². The summed E-state index contributed by atoms with van der Waals surface area (Å²) in [5.41, 5.74) is 2.22. The molecule has 0 bridgehead atoms.